The van der Waals surface area contributed by atoms with Crippen LogP contribution < -0.4 is 0 Å². The Hall–Kier alpha value is -0.450. The van der Waals surface area contributed by atoms with Crippen molar-refractivity contribution in [3.05, 3.63) is 0 Å². The van der Waals surface area contributed by atoms with Crippen LogP contribution in [0.15, 0.2) is 0 Å². The first-order chi connectivity index (χ1) is 17.2. The van der Waals surface area contributed by atoms with Crippen molar-refractivity contribution in [1.29, 1.82) is 0 Å². The lowest BCUT2D eigenvalue weighted by atomic mass is 10.0. The van der Waals surface area contributed by atoms with Crippen LogP contribution in [0, 0.1) is 0 Å². The van der Waals surface area contributed by atoms with Crippen LogP contribution in [0.4, 0.5) is 0 Å². The molecule has 0 unspecified atom stereocenters. The number of Topliss-reactive ketones (excluding diaryl/α,β-unsaturated/α-hetero) is 1. The predicted octanol–water partition coefficient (Wildman–Crippen LogP) is 9.67. The molecule has 0 bridgehead atoms. The summed E-state index contributed by atoms with van der Waals surface area (Å²) in [6.07, 6.45) is 31.3. The summed E-state index contributed by atoms with van der Waals surface area (Å²) < 4.78 is 17.6. The van der Waals surface area contributed by atoms with Crippen LogP contribution in [0.5, 0.6) is 0 Å². The standard InChI is InChI=1S/C31H60O4/c1-3-5-7-9-11-12-13-14-15-16-17-18-19-21-23-25-27-33-31(34-28-30(32)29-35-31)26-24-22-20-10-8-6-4-2/h3-29H2,1-2H3. The summed E-state index contributed by atoms with van der Waals surface area (Å²) in [6.45, 7) is 5.43. The van der Waals surface area contributed by atoms with E-state index in [0.29, 0.717) is 6.61 Å². The number of ketones is 1. The van der Waals surface area contributed by atoms with Gasteiger partial charge in [-0.25, -0.2) is 0 Å². The van der Waals surface area contributed by atoms with Crippen molar-refractivity contribution in [2.75, 3.05) is 19.8 Å². The maximum Gasteiger partial charge on any atom is 0.283 e. The van der Waals surface area contributed by atoms with Gasteiger partial charge in [-0.05, 0) is 12.8 Å². The van der Waals surface area contributed by atoms with Gasteiger partial charge in [-0.2, -0.15) is 0 Å². The van der Waals surface area contributed by atoms with E-state index in [-0.39, 0.29) is 19.0 Å². The fourth-order valence-electron chi connectivity index (χ4n) is 4.94. The summed E-state index contributed by atoms with van der Waals surface area (Å²) in [5.74, 6) is -0.974. The van der Waals surface area contributed by atoms with Gasteiger partial charge in [0.2, 0.25) is 0 Å². The Morgan fingerprint density at radius 1 is 0.543 bits per heavy atom. The lowest BCUT2D eigenvalue weighted by Gasteiger charge is -2.36. The molecule has 1 aliphatic heterocycles. The first kappa shape index (κ1) is 32.6. The SMILES string of the molecule is CCCCCCCCCCCCCCCCCCOC1(CCCCCCCCC)OCC(=O)CO1. The molecule has 0 spiro atoms. The average Bonchev–Trinajstić information content (AvgIpc) is 2.87. The molecule has 0 aromatic carbocycles. The largest absolute Gasteiger partial charge is 0.327 e. The second-order valence-corrected chi connectivity index (χ2v) is 10.8. The highest BCUT2D eigenvalue weighted by Gasteiger charge is 2.37. The third-order valence-electron chi connectivity index (χ3n) is 7.31. The monoisotopic (exact) mass is 496 g/mol. The summed E-state index contributed by atoms with van der Waals surface area (Å²) in [7, 11) is 0. The molecule has 0 aliphatic carbocycles. The highest BCUT2D eigenvalue weighted by Crippen LogP contribution is 2.27. The van der Waals surface area contributed by atoms with Gasteiger partial charge in [0, 0.05) is 6.42 Å². The molecule has 0 atom stereocenters. The molecule has 0 aromatic heterocycles. The Morgan fingerprint density at radius 2 is 0.886 bits per heavy atom. The van der Waals surface area contributed by atoms with Gasteiger partial charge in [0.1, 0.15) is 13.2 Å². The Balaban J connectivity index is 1.96. The molecule has 4 heteroatoms. The molecule has 1 rings (SSSR count). The summed E-state index contributed by atoms with van der Waals surface area (Å²) >= 11 is 0. The average molecular weight is 497 g/mol. The molecule has 0 amide bonds. The molecule has 0 N–H and O–H groups in total. The van der Waals surface area contributed by atoms with E-state index in [1.54, 1.807) is 0 Å². The Kier molecular flexibility index (Phi) is 22.3. The topological polar surface area (TPSA) is 44.8 Å². The van der Waals surface area contributed by atoms with E-state index in [1.165, 1.54) is 135 Å². The van der Waals surface area contributed by atoms with Crippen molar-refractivity contribution >= 4 is 5.78 Å². The number of ether oxygens (including phenoxy) is 3. The highest BCUT2D eigenvalue weighted by molar-refractivity contribution is 5.81. The second-order valence-electron chi connectivity index (χ2n) is 10.8. The minimum absolute atomic E-state index is 0.00574. The van der Waals surface area contributed by atoms with Crippen molar-refractivity contribution in [1.82, 2.24) is 0 Å². The molecule has 208 valence electrons. The van der Waals surface area contributed by atoms with Crippen molar-refractivity contribution in [3.63, 3.8) is 0 Å². The van der Waals surface area contributed by atoms with Gasteiger partial charge >= 0.3 is 0 Å². The molecular formula is C31H60O4. The predicted molar refractivity (Wildman–Crippen MR) is 148 cm³/mol. The van der Waals surface area contributed by atoms with Crippen LogP contribution in [0.2, 0.25) is 0 Å². The van der Waals surface area contributed by atoms with Crippen LogP contribution in [-0.4, -0.2) is 31.6 Å². The maximum atomic E-state index is 11.6. The fourth-order valence-corrected chi connectivity index (χ4v) is 4.94. The lowest BCUT2D eigenvalue weighted by molar-refractivity contribution is -0.389. The van der Waals surface area contributed by atoms with E-state index >= 15 is 0 Å². The van der Waals surface area contributed by atoms with Gasteiger partial charge in [-0.1, -0.05) is 149 Å². The molecule has 4 nitrogen and oxygen atoms in total. The number of rotatable bonds is 26. The van der Waals surface area contributed by atoms with Gasteiger partial charge in [0.05, 0.1) is 6.61 Å². The smallest absolute Gasteiger partial charge is 0.283 e. The number of hydrogen-bond acceptors (Lipinski definition) is 4. The molecule has 35 heavy (non-hydrogen) atoms. The highest BCUT2D eigenvalue weighted by atomic mass is 16.9. The molecule has 1 fully saturated rings. The van der Waals surface area contributed by atoms with Crippen molar-refractivity contribution < 1.29 is 19.0 Å². The zero-order valence-corrected chi connectivity index (χ0v) is 23.7. The summed E-state index contributed by atoms with van der Waals surface area (Å²) in [5, 5.41) is 0. The van der Waals surface area contributed by atoms with Gasteiger partial charge < -0.3 is 14.2 Å². The zero-order chi connectivity index (χ0) is 25.3. The molecule has 0 aromatic rings. The zero-order valence-electron chi connectivity index (χ0n) is 23.7. The summed E-state index contributed by atoms with van der Waals surface area (Å²) in [6, 6.07) is 0. The van der Waals surface area contributed by atoms with Crippen LogP contribution in [0.3, 0.4) is 0 Å². The maximum absolute atomic E-state index is 11.6. The Bertz CT molecular complexity index is 455. The van der Waals surface area contributed by atoms with E-state index in [2.05, 4.69) is 13.8 Å². The number of hydrogen-bond donors (Lipinski definition) is 0. The van der Waals surface area contributed by atoms with Crippen LogP contribution in [0.25, 0.3) is 0 Å². The Morgan fingerprint density at radius 3 is 1.29 bits per heavy atom. The van der Waals surface area contributed by atoms with Gasteiger partial charge in [0.25, 0.3) is 5.97 Å². The van der Waals surface area contributed by atoms with Crippen LogP contribution in [-0.2, 0) is 19.0 Å². The molecule has 1 aliphatic rings. The van der Waals surface area contributed by atoms with E-state index in [9.17, 15) is 4.79 Å². The van der Waals surface area contributed by atoms with Crippen molar-refractivity contribution in [2.24, 2.45) is 0 Å². The van der Waals surface area contributed by atoms with Crippen LogP contribution in [0.1, 0.15) is 168 Å². The van der Waals surface area contributed by atoms with Gasteiger partial charge in [-0.15, -0.1) is 0 Å². The molecule has 1 heterocycles. The molecular weight excluding hydrogens is 436 g/mol. The number of carbonyl (C=O) groups excluding carboxylic acids is 1. The second kappa shape index (κ2) is 23.9. The van der Waals surface area contributed by atoms with Crippen LogP contribution >= 0.6 is 0 Å². The van der Waals surface area contributed by atoms with E-state index in [0.717, 1.165) is 19.3 Å². The van der Waals surface area contributed by atoms with E-state index in [4.69, 9.17) is 14.2 Å². The first-order valence-corrected chi connectivity index (χ1v) is 15.7. The number of carbonyl (C=O) groups is 1. The molecule has 0 saturated carbocycles. The normalized spacial score (nSPS) is 15.7. The van der Waals surface area contributed by atoms with Crippen molar-refractivity contribution in [3.8, 4) is 0 Å². The summed E-state index contributed by atoms with van der Waals surface area (Å²) in [4.78, 5) is 11.6. The Labute approximate surface area is 218 Å². The van der Waals surface area contributed by atoms with Crippen molar-refractivity contribution in [2.45, 2.75) is 174 Å². The summed E-state index contributed by atoms with van der Waals surface area (Å²) in [5.41, 5.74) is 0. The number of unbranched alkanes of at least 4 members (excludes halogenated alkanes) is 21. The van der Waals surface area contributed by atoms with E-state index in [1.807, 2.05) is 0 Å². The molecule has 1 saturated heterocycles. The van der Waals surface area contributed by atoms with Gasteiger partial charge in [-0.3, -0.25) is 4.79 Å². The van der Waals surface area contributed by atoms with E-state index < -0.39 is 5.97 Å². The minimum atomic E-state index is -0.979. The molecule has 0 radical (unpaired) electrons. The lowest BCUT2D eigenvalue weighted by Crippen LogP contribution is -2.47. The first-order valence-electron chi connectivity index (χ1n) is 15.7. The third kappa shape index (κ3) is 19.3. The fraction of sp³-hybridized carbons (Fsp3) is 0.968. The quantitative estimate of drug-likeness (QED) is 0.112. The minimum Gasteiger partial charge on any atom is -0.327 e. The van der Waals surface area contributed by atoms with Gasteiger partial charge in [0.15, 0.2) is 5.78 Å². The third-order valence-corrected chi connectivity index (χ3v) is 7.31.